The second-order valence-electron chi connectivity index (χ2n) is 4.55. The van der Waals surface area contributed by atoms with Gasteiger partial charge in [-0.25, -0.2) is 4.79 Å². The number of aryl methyl sites for hydroxylation is 2. The molecule has 0 aliphatic carbocycles. The van der Waals surface area contributed by atoms with Gasteiger partial charge in [0.05, 0.1) is 12.2 Å². The predicted octanol–water partition coefficient (Wildman–Crippen LogP) is 5.08. The van der Waals surface area contributed by atoms with Gasteiger partial charge in [0.25, 0.3) is 0 Å². The van der Waals surface area contributed by atoms with Gasteiger partial charge in [-0.15, -0.1) is 0 Å². The molecule has 0 aliphatic heterocycles. The Bertz CT molecular complexity index is 470. The molecule has 0 spiro atoms. The number of benzene rings is 1. The second-order valence-corrected chi connectivity index (χ2v) is 4.55. The summed E-state index contributed by atoms with van der Waals surface area (Å²) in [5.74, 6) is -0.217. The summed E-state index contributed by atoms with van der Waals surface area (Å²) in [6.45, 7) is 14.3. The molecule has 0 aliphatic rings. The first kappa shape index (κ1) is 18.4. The molecule has 20 heavy (non-hydrogen) atoms. The molecule has 0 N–H and O–H groups in total. The lowest BCUT2D eigenvalue weighted by Gasteiger charge is -2.14. The highest BCUT2D eigenvalue weighted by Crippen LogP contribution is 2.26. The number of allylic oxidation sites excluding steroid dienone is 1. The molecule has 0 atom stereocenters. The Balaban J connectivity index is 0.00000172. The maximum absolute atomic E-state index is 12.1. The molecule has 2 heteroatoms. The third-order valence-electron chi connectivity index (χ3n) is 3.10. The monoisotopic (exact) mass is 276 g/mol. The average Bonchev–Trinajstić information content (AvgIpc) is 2.45. The van der Waals surface area contributed by atoms with Crippen molar-refractivity contribution in [2.45, 2.75) is 54.9 Å². The fraction of sp³-hybridized carbons (Fsp3) is 0.500. The molecule has 0 saturated carbocycles. The zero-order valence-electron chi connectivity index (χ0n) is 14.0. The molecule has 2 nitrogen and oxygen atoms in total. The summed E-state index contributed by atoms with van der Waals surface area (Å²) in [6.07, 6.45) is 0.849. The van der Waals surface area contributed by atoms with Crippen LogP contribution in [0.2, 0.25) is 0 Å². The number of ether oxygens (including phenoxy) is 1. The van der Waals surface area contributed by atoms with E-state index in [4.69, 9.17) is 4.74 Å². The molecule has 112 valence electrons. The van der Waals surface area contributed by atoms with Gasteiger partial charge < -0.3 is 4.74 Å². The van der Waals surface area contributed by atoms with Crippen molar-refractivity contribution in [2.75, 3.05) is 6.61 Å². The van der Waals surface area contributed by atoms with Gasteiger partial charge in [-0.05, 0) is 45.2 Å². The van der Waals surface area contributed by atoms with Crippen molar-refractivity contribution in [1.29, 1.82) is 0 Å². The number of carbonyl (C=O) groups is 1. The van der Waals surface area contributed by atoms with Gasteiger partial charge >= 0.3 is 5.97 Å². The predicted molar refractivity (Wildman–Crippen MR) is 86.8 cm³/mol. The van der Waals surface area contributed by atoms with Crippen LogP contribution in [0.5, 0.6) is 0 Å². The van der Waals surface area contributed by atoms with E-state index in [9.17, 15) is 4.79 Å². The van der Waals surface area contributed by atoms with E-state index in [1.54, 1.807) is 0 Å². The lowest BCUT2D eigenvalue weighted by atomic mass is 9.94. The van der Waals surface area contributed by atoms with Gasteiger partial charge in [-0.1, -0.05) is 50.1 Å². The Morgan fingerprint density at radius 3 is 2.25 bits per heavy atom. The fourth-order valence-corrected chi connectivity index (χ4v) is 1.90. The fourth-order valence-electron chi connectivity index (χ4n) is 1.90. The molecule has 0 unspecified atom stereocenters. The molecular weight excluding hydrogens is 248 g/mol. The van der Waals surface area contributed by atoms with Crippen LogP contribution in [0, 0.1) is 13.8 Å². The SMILES string of the molecule is CC.CCOC(=O)/C(=C(\C)CC)c1cc(C)ccc1C. The first-order chi connectivity index (χ1) is 9.51. The van der Waals surface area contributed by atoms with Crippen molar-refractivity contribution < 1.29 is 9.53 Å². The van der Waals surface area contributed by atoms with Crippen molar-refractivity contribution in [3.8, 4) is 0 Å². The van der Waals surface area contributed by atoms with E-state index in [1.807, 2.05) is 47.6 Å². The molecular formula is C18H28O2. The van der Waals surface area contributed by atoms with E-state index in [0.717, 1.165) is 34.3 Å². The summed E-state index contributed by atoms with van der Waals surface area (Å²) in [5.41, 5.74) is 5.05. The largest absolute Gasteiger partial charge is 0.462 e. The summed E-state index contributed by atoms with van der Waals surface area (Å²) < 4.78 is 5.18. The van der Waals surface area contributed by atoms with E-state index in [2.05, 4.69) is 19.1 Å². The standard InChI is InChI=1S/C16H22O2.C2H6/c1-6-12(4)15(16(17)18-7-2)14-10-11(3)8-9-13(14)5;1-2/h8-10H,6-7H2,1-5H3;1-2H3/b15-12+;. The van der Waals surface area contributed by atoms with Crippen LogP contribution < -0.4 is 0 Å². The molecule has 0 fully saturated rings. The molecule has 0 aromatic heterocycles. The number of esters is 1. The number of rotatable bonds is 4. The Labute approximate surface area is 123 Å². The normalized spacial score (nSPS) is 11.2. The summed E-state index contributed by atoms with van der Waals surface area (Å²) in [7, 11) is 0. The van der Waals surface area contributed by atoms with E-state index in [0.29, 0.717) is 6.61 Å². The third kappa shape index (κ3) is 4.84. The zero-order chi connectivity index (χ0) is 15.7. The van der Waals surface area contributed by atoms with Crippen molar-refractivity contribution >= 4 is 11.5 Å². The highest BCUT2D eigenvalue weighted by Gasteiger charge is 2.17. The minimum Gasteiger partial charge on any atom is -0.462 e. The van der Waals surface area contributed by atoms with Crippen LogP contribution >= 0.6 is 0 Å². The van der Waals surface area contributed by atoms with Gasteiger partial charge in [0.1, 0.15) is 0 Å². The lowest BCUT2D eigenvalue weighted by molar-refractivity contribution is -0.136. The molecule has 0 bridgehead atoms. The van der Waals surface area contributed by atoms with Crippen LogP contribution in [0.15, 0.2) is 23.8 Å². The Morgan fingerprint density at radius 1 is 1.15 bits per heavy atom. The Hall–Kier alpha value is -1.57. The van der Waals surface area contributed by atoms with Crippen LogP contribution in [0.25, 0.3) is 5.57 Å². The molecule has 1 aromatic carbocycles. The summed E-state index contributed by atoms with van der Waals surface area (Å²) in [6, 6.07) is 6.16. The van der Waals surface area contributed by atoms with E-state index in [1.165, 1.54) is 0 Å². The number of hydrogen-bond acceptors (Lipinski definition) is 2. The summed E-state index contributed by atoms with van der Waals surface area (Å²) >= 11 is 0. The van der Waals surface area contributed by atoms with Crippen molar-refractivity contribution in [3.05, 3.63) is 40.5 Å². The highest BCUT2D eigenvalue weighted by molar-refractivity contribution is 6.17. The molecule has 0 saturated heterocycles. The van der Waals surface area contributed by atoms with Gasteiger partial charge in [0.15, 0.2) is 0 Å². The van der Waals surface area contributed by atoms with Crippen molar-refractivity contribution in [3.63, 3.8) is 0 Å². The second kappa shape index (κ2) is 9.35. The maximum Gasteiger partial charge on any atom is 0.338 e. The van der Waals surface area contributed by atoms with E-state index in [-0.39, 0.29) is 5.97 Å². The number of hydrogen-bond donors (Lipinski definition) is 0. The van der Waals surface area contributed by atoms with E-state index < -0.39 is 0 Å². The van der Waals surface area contributed by atoms with Crippen molar-refractivity contribution in [1.82, 2.24) is 0 Å². The van der Waals surface area contributed by atoms with Crippen LogP contribution in [-0.2, 0) is 9.53 Å². The van der Waals surface area contributed by atoms with Crippen LogP contribution in [0.3, 0.4) is 0 Å². The minimum atomic E-state index is -0.217. The van der Waals surface area contributed by atoms with Crippen LogP contribution in [-0.4, -0.2) is 12.6 Å². The van der Waals surface area contributed by atoms with Crippen LogP contribution in [0.1, 0.15) is 57.7 Å². The summed E-state index contributed by atoms with van der Waals surface area (Å²) in [5, 5.41) is 0. The molecule has 1 aromatic rings. The molecule has 0 amide bonds. The van der Waals surface area contributed by atoms with Crippen LogP contribution in [0.4, 0.5) is 0 Å². The summed E-state index contributed by atoms with van der Waals surface area (Å²) in [4.78, 5) is 12.1. The minimum absolute atomic E-state index is 0.217. The topological polar surface area (TPSA) is 26.3 Å². The molecule has 0 heterocycles. The van der Waals surface area contributed by atoms with Gasteiger partial charge in [0.2, 0.25) is 0 Å². The smallest absolute Gasteiger partial charge is 0.338 e. The number of carbonyl (C=O) groups excluding carboxylic acids is 1. The first-order valence-electron chi connectivity index (χ1n) is 7.45. The highest BCUT2D eigenvalue weighted by atomic mass is 16.5. The Kier molecular flexibility index (Phi) is 8.62. The molecule has 1 rings (SSSR count). The quantitative estimate of drug-likeness (QED) is 0.566. The molecule has 0 radical (unpaired) electrons. The first-order valence-corrected chi connectivity index (χ1v) is 7.45. The lowest BCUT2D eigenvalue weighted by Crippen LogP contribution is -2.10. The average molecular weight is 276 g/mol. The van der Waals surface area contributed by atoms with Gasteiger partial charge in [0, 0.05) is 0 Å². The Morgan fingerprint density at radius 2 is 1.75 bits per heavy atom. The van der Waals surface area contributed by atoms with Crippen molar-refractivity contribution in [2.24, 2.45) is 0 Å². The van der Waals surface area contributed by atoms with E-state index >= 15 is 0 Å². The van der Waals surface area contributed by atoms with Gasteiger partial charge in [-0.2, -0.15) is 0 Å². The third-order valence-corrected chi connectivity index (χ3v) is 3.10. The maximum atomic E-state index is 12.1. The van der Waals surface area contributed by atoms with Gasteiger partial charge in [-0.3, -0.25) is 0 Å². The zero-order valence-corrected chi connectivity index (χ0v) is 14.0.